The summed E-state index contributed by atoms with van der Waals surface area (Å²) in [7, 11) is -1.41. The number of sulfone groups is 1. The molecule has 1 saturated heterocycles. The van der Waals surface area contributed by atoms with Crippen molar-refractivity contribution in [2.75, 3.05) is 33.2 Å². The molecular weight excluding hydrogens is 376 g/mol. The van der Waals surface area contributed by atoms with Gasteiger partial charge in [0.15, 0.2) is 21.5 Å². The molecule has 0 saturated carbocycles. The Morgan fingerprint density at radius 3 is 2.32 bits per heavy atom. The van der Waals surface area contributed by atoms with E-state index in [0.717, 1.165) is 38.2 Å². The van der Waals surface area contributed by atoms with Gasteiger partial charge in [0.05, 0.1) is 10.9 Å². The summed E-state index contributed by atoms with van der Waals surface area (Å²) >= 11 is 0. The smallest absolute Gasteiger partial charge is 0.198 e. The van der Waals surface area contributed by atoms with Crippen LogP contribution in [0.15, 0.2) is 29.2 Å². The molecule has 3 rings (SSSR count). The first kappa shape index (κ1) is 20.9. The number of rotatable bonds is 7. The van der Waals surface area contributed by atoms with Crippen LogP contribution >= 0.6 is 0 Å². The molecule has 0 aliphatic carbocycles. The van der Waals surface area contributed by atoms with Crippen molar-refractivity contribution in [2.24, 2.45) is 5.92 Å². The van der Waals surface area contributed by atoms with Crippen molar-refractivity contribution < 1.29 is 8.42 Å². The number of piperazine rings is 1. The van der Waals surface area contributed by atoms with Gasteiger partial charge in [0.2, 0.25) is 0 Å². The number of hydrogen-bond acceptors (Lipinski definition) is 7. The number of nitrogens with zero attached hydrogens (tertiary/aromatic N) is 6. The van der Waals surface area contributed by atoms with Gasteiger partial charge in [0.1, 0.15) is 0 Å². The van der Waals surface area contributed by atoms with E-state index in [1.165, 1.54) is 4.68 Å². The fourth-order valence-corrected chi connectivity index (χ4v) is 4.73. The summed E-state index contributed by atoms with van der Waals surface area (Å²) in [6.07, 6.45) is 0.884. The lowest BCUT2D eigenvalue weighted by atomic mass is 10.0. The van der Waals surface area contributed by atoms with E-state index in [4.69, 9.17) is 0 Å². The molecule has 1 aliphatic heterocycles. The Kier molecular flexibility index (Phi) is 6.47. The Hall–Kier alpha value is -1.84. The molecule has 154 valence electrons. The summed E-state index contributed by atoms with van der Waals surface area (Å²) in [4.78, 5) is 4.97. The lowest BCUT2D eigenvalue weighted by molar-refractivity contribution is 0.0936. The normalized spacial score (nSPS) is 17.9. The standard InChI is InChI=1S/C19H30N6O2S/c1-15(2)13-18(24-11-9-23(4)10-12-24)19-20-21-22-25(19)14-28(26,27)17-7-5-16(3)6-8-17/h5-8,15,18H,9-14H2,1-4H3. The minimum absolute atomic E-state index is 0.0110. The zero-order chi connectivity index (χ0) is 20.3. The van der Waals surface area contributed by atoms with Crippen LogP contribution in [0.4, 0.5) is 0 Å². The molecule has 2 heterocycles. The van der Waals surface area contributed by atoms with Crippen LogP contribution in [0.3, 0.4) is 0 Å². The van der Waals surface area contributed by atoms with Gasteiger partial charge in [-0.25, -0.2) is 13.1 Å². The molecule has 0 bridgehead atoms. The molecule has 28 heavy (non-hydrogen) atoms. The third-order valence-corrected chi connectivity index (χ3v) is 6.78. The van der Waals surface area contributed by atoms with Gasteiger partial charge in [-0.05, 0) is 48.9 Å². The van der Waals surface area contributed by atoms with E-state index >= 15 is 0 Å². The molecule has 1 fully saturated rings. The molecule has 1 aromatic carbocycles. The molecule has 0 amide bonds. The van der Waals surface area contributed by atoms with Gasteiger partial charge in [0, 0.05) is 26.2 Å². The predicted molar refractivity (Wildman–Crippen MR) is 107 cm³/mol. The lowest BCUT2D eigenvalue weighted by Gasteiger charge is -2.37. The van der Waals surface area contributed by atoms with Crippen molar-refractivity contribution in [3.63, 3.8) is 0 Å². The van der Waals surface area contributed by atoms with Gasteiger partial charge >= 0.3 is 0 Å². The minimum atomic E-state index is -3.53. The first-order valence-electron chi connectivity index (χ1n) is 9.74. The summed E-state index contributed by atoms with van der Waals surface area (Å²) in [5.74, 6) is 0.832. The Morgan fingerprint density at radius 2 is 1.71 bits per heavy atom. The SMILES string of the molecule is Cc1ccc(S(=O)(=O)Cn2nnnc2C(CC(C)C)N2CCN(C)CC2)cc1. The van der Waals surface area contributed by atoms with Gasteiger partial charge in [-0.15, -0.1) is 5.10 Å². The van der Waals surface area contributed by atoms with Crippen LogP contribution < -0.4 is 0 Å². The minimum Gasteiger partial charge on any atom is -0.304 e. The third kappa shape index (κ3) is 4.95. The quantitative estimate of drug-likeness (QED) is 0.692. The number of hydrogen-bond donors (Lipinski definition) is 0. The fraction of sp³-hybridized carbons (Fsp3) is 0.632. The zero-order valence-corrected chi connectivity index (χ0v) is 17.9. The van der Waals surface area contributed by atoms with E-state index in [1.54, 1.807) is 24.3 Å². The molecule has 0 spiro atoms. The van der Waals surface area contributed by atoms with Crippen molar-refractivity contribution >= 4 is 9.84 Å². The van der Waals surface area contributed by atoms with E-state index in [1.807, 2.05) is 6.92 Å². The van der Waals surface area contributed by atoms with Crippen molar-refractivity contribution in [1.29, 1.82) is 0 Å². The molecule has 1 aromatic heterocycles. The van der Waals surface area contributed by atoms with Crippen LogP contribution in [-0.4, -0.2) is 71.7 Å². The van der Waals surface area contributed by atoms with Crippen LogP contribution in [0.1, 0.15) is 37.7 Å². The maximum absolute atomic E-state index is 12.9. The molecule has 9 heteroatoms. The average Bonchev–Trinajstić information content (AvgIpc) is 3.08. The average molecular weight is 407 g/mol. The van der Waals surface area contributed by atoms with E-state index in [9.17, 15) is 8.42 Å². The maximum atomic E-state index is 12.9. The maximum Gasteiger partial charge on any atom is 0.198 e. The van der Waals surface area contributed by atoms with Crippen molar-refractivity contribution in [2.45, 2.75) is 44.0 Å². The zero-order valence-electron chi connectivity index (χ0n) is 17.1. The first-order valence-corrected chi connectivity index (χ1v) is 11.4. The highest BCUT2D eigenvalue weighted by molar-refractivity contribution is 7.90. The lowest BCUT2D eigenvalue weighted by Crippen LogP contribution is -2.46. The van der Waals surface area contributed by atoms with Crippen molar-refractivity contribution in [3.05, 3.63) is 35.7 Å². The van der Waals surface area contributed by atoms with E-state index < -0.39 is 9.84 Å². The molecule has 0 N–H and O–H groups in total. The second kappa shape index (κ2) is 8.67. The van der Waals surface area contributed by atoms with E-state index in [-0.39, 0.29) is 11.9 Å². The van der Waals surface area contributed by atoms with Crippen LogP contribution in [0.5, 0.6) is 0 Å². The van der Waals surface area contributed by atoms with E-state index in [2.05, 4.69) is 46.2 Å². The largest absolute Gasteiger partial charge is 0.304 e. The number of aryl methyl sites for hydroxylation is 1. The fourth-order valence-electron chi connectivity index (χ4n) is 3.52. The Labute approximate surface area is 167 Å². The monoisotopic (exact) mass is 406 g/mol. The summed E-state index contributed by atoms with van der Waals surface area (Å²) in [6, 6.07) is 6.90. The van der Waals surface area contributed by atoms with Gasteiger partial charge in [0.25, 0.3) is 0 Å². The topological polar surface area (TPSA) is 84.2 Å². The van der Waals surface area contributed by atoms with Crippen LogP contribution in [0.2, 0.25) is 0 Å². The van der Waals surface area contributed by atoms with Gasteiger partial charge in [-0.2, -0.15) is 0 Å². The molecule has 1 unspecified atom stereocenters. The van der Waals surface area contributed by atoms with E-state index in [0.29, 0.717) is 16.6 Å². The molecule has 0 radical (unpaired) electrons. The van der Waals surface area contributed by atoms with Gasteiger partial charge < -0.3 is 4.90 Å². The second-order valence-corrected chi connectivity index (χ2v) is 10.0. The van der Waals surface area contributed by atoms with Crippen molar-refractivity contribution in [1.82, 2.24) is 30.0 Å². The Bertz CT molecular complexity index is 870. The molecule has 1 atom stereocenters. The molecule has 8 nitrogen and oxygen atoms in total. The van der Waals surface area contributed by atoms with Crippen LogP contribution in [-0.2, 0) is 15.7 Å². The number of likely N-dealkylation sites (N-methyl/N-ethyl adjacent to an activating group) is 1. The van der Waals surface area contributed by atoms with Gasteiger partial charge in [-0.1, -0.05) is 31.5 Å². The van der Waals surface area contributed by atoms with Crippen LogP contribution in [0, 0.1) is 12.8 Å². The summed E-state index contributed by atoms with van der Waals surface area (Å²) in [6.45, 7) is 10.1. The Morgan fingerprint density at radius 1 is 1.07 bits per heavy atom. The second-order valence-electron chi connectivity index (χ2n) is 8.08. The highest BCUT2D eigenvalue weighted by Gasteiger charge is 2.30. The summed E-state index contributed by atoms with van der Waals surface area (Å²) in [5.41, 5.74) is 1.02. The Balaban J connectivity index is 1.86. The van der Waals surface area contributed by atoms with Gasteiger partial charge in [-0.3, -0.25) is 4.90 Å². The van der Waals surface area contributed by atoms with Crippen molar-refractivity contribution in [3.8, 4) is 0 Å². The summed E-state index contributed by atoms with van der Waals surface area (Å²) in [5, 5.41) is 12.1. The highest BCUT2D eigenvalue weighted by Crippen LogP contribution is 2.27. The number of tetrazole rings is 1. The molecule has 1 aliphatic rings. The molecular formula is C19H30N6O2S. The highest BCUT2D eigenvalue weighted by atomic mass is 32.2. The van der Waals surface area contributed by atoms with Crippen LogP contribution in [0.25, 0.3) is 0 Å². The number of aromatic nitrogens is 4. The molecule has 2 aromatic rings. The third-order valence-electron chi connectivity index (χ3n) is 5.20. The summed E-state index contributed by atoms with van der Waals surface area (Å²) < 4.78 is 27.2. The predicted octanol–water partition coefficient (Wildman–Crippen LogP) is 1.75. The number of benzene rings is 1. The first-order chi connectivity index (χ1) is 13.3.